The average molecular weight is 326 g/mol. The number of hydrogen-bond acceptors (Lipinski definition) is 2. The van der Waals surface area contributed by atoms with Crippen LogP contribution in [0.2, 0.25) is 5.02 Å². The molecule has 1 aromatic carbocycles. The molecule has 0 unspecified atom stereocenters. The summed E-state index contributed by atoms with van der Waals surface area (Å²) in [5.41, 5.74) is 1.53. The molecule has 0 spiro atoms. The van der Waals surface area contributed by atoms with Crippen LogP contribution in [0.25, 0.3) is 0 Å². The zero-order valence-corrected chi connectivity index (χ0v) is 11.7. The smallest absolute Gasteiger partial charge is 0.228 e. The van der Waals surface area contributed by atoms with Crippen LogP contribution in [0.15, 0.2) is 47.2 Å². The maximum Gasteiger partial charge on any atom is 0.228 e. The summed E-state index contributed by atoms with van der Waals surface area (Å²) in [6, 6.07) is 8.99. The van der Waals surface area contributed by atoms with Crippen LogP contribution in [0.4, 0.5) is 5.69 Å². The van der Waals surface area contributed by atoms with Crippen LogP contribution in [0, 0.1) is 0 Å². The van der Waals surface area contributed by atoms with Crippen molar-refractivity contribution in [3.05, 3.63) is 57.8 Å². The van der Waals surface area contributed by atoms with Crippen LogP contribution < -0.4 is 5.32 Å². The second kappa shape index (κ2) is 5.98. The van der Waals surface area contributed by atoms with Gasteiger partial charge in [0.05, 0.1) is 21.6 Å². The highest BCUT2D eigenvalue weighted by Gasteiger charge is 2.08. The van der Waals surface area contributed by atoms with Crippen molar-refractivity contribution in [3.8, 4) is 0 Å². The molecule has 5 heteroatoms. The van der Waals surface area contributed by atoms with Gasteiger partial charge in [-0.15, -0.1) is 0 Å². The average Bonchev–Trinajstić information content (AvgIpc) is 2.36. The molecule has 92 valence electrons. The third kappa shape index (κ3) is 3.31. The lowest BCUT2D eigenvalue weighted by molar-refractivity contribution is -0.115. The number of pyridine rings is 1. The molecule has 0 aliphatic carbocycles. The molecule has 0 saturated carbocycles. The quantitative estimate of drug-likeness (QED) is 0.935. The van der Waals surface area contributed by atoms with Gasteiger partial charge in [0.2, 0.25) is 5.91 Å². The number of rotatable bonds is 3. The predicted molar refractivity (Wildman–Crippen MR) is 75.7 cm³/mol. The summed E-state index contributed by atoms with van der Waals surface area (Å²) in [6.45, 7) is 0. The number of nitrogens with zero attached hydrogens (tertiary/aromatic N) is 1. The first kappa shape index (κ1) is 13.1. The molecule has 0 aliphatic heterocycles. The first-order valence-electron chi connectivity index (χ1n) is 5.29. The van der Waals surface area contributed by atoms with Gasteiger partial charge in [-0.05, 0) is 39.7 Å². The third-order valence-corrected chi connectivity index (χ3v) is 3.71. The second-order valence-corrected chi connectivity index (χ2v) is 4.89. The van der Waals surface area contributed by atoms with Gasteiger partial charge in [0.15, 0.2) is 0 Å². The Morgan fingerprint density at radius 3 is 2.89 bits per heavy atom. The summed E-state index contributed by atoms with van der Waals surface area (Å²) in [5, 5.41) is 3.37. The van der Waals surface area contributed by atoms with Crippen LogP contribution in [-0.4, -0.2) is 10.9 Å². The van der Waals surface area contributed by atoms with Crippen molar-refractivity contribution in [1.82, 2.24) is 4.98 Å². The Morgan fingerprint density at radius 1 is 1.33 bits per heavy atom. The van der Waals surface area contributed by atoms with E-state index in [0.717, 1.165) is 5.56 Å². The van der Waals surface area contributed by atoms with Crippen molar-refractivity contribution in [2.24, 2.45) is 0 Å². The summed E-state index contributed by atoms with van der Waals surface area (Å²) < 4.78 is 0.686. The van der Waals surface area contributed by atoms with Crippen LogP contribution in [0.1, 0.15) is 5.56 Å². The second-order valence-electron chi connectivity index (χ2n) is 3.69. The molecule has 0 fully saturated rings. The van der Waals surface area contributed by atoms with E-state index in [1.807, 2.05) is 6.07 Å². The summed E-state index contributed by atoms with van der Waals surface area (Å²) in [6.07, 6.45) is 3.63. The molecule has 0 aliphatic rings. The highest BCUT2D eigenvalue weighted by atomic mass is 79.9. The minimum Gasteiger partial charge on any atom is -0.325 e. The fourth-order valence-corrected chi connectivity index (χ4v) is 2.02. The summed E-state index contributed by atoms with van der Waals surface area (Å²) in [4.78, 5) is 15.8. The lowest BCUT2D eigenvalue weighted by atomic mass is 10.2. The molecular formula is C13H10BrClN2O. The first-order chi connectivity index (χ1) is 8.66. The fraction of sp³-hybridized carbons (Fsp3) is 0.0769. The lowest BCUT2D eigenvalue weighted by Gasteiger charge is -2.08. The maximum absolute atomic E-state index is 11.8. The van der Waals surface area contributed by atoms with Gasteiger partial charge in [-0.3, -0.25) is 9.78 Å². The number of carbonyl (C=O) groups excluding carboxylic acids is 1. The van der Waals surface area contributed by atoms with E-state index in [0.29, 0.717) is 15.2 Å². The third-order valence-electron chi connectivity index (χ3n) is 2.31. The van der Waals surface area contributed by atoms with Gasteiger partial charge in [0, 0.05) is 12.4 Å². The van der Waals surface area contributed by atoms with Crippen molar-refractivity contribution in [1.29, 1.82) is 0 Å². The number of halogens is 2. The van der Waals surface area contributed by atoms with E-state index in [9.17, 15) is 4.79 Å². The van der Waals surface area contributed by atoms with E-state index < -0.39 is 0 Å². The molecule has 18 heavy (non-hydrogen) atoms. The molecule has 0 saturated heterocycles. The molecular weight excluding hydrogens is 316 g/mol. The van der Waals surface area contributed by atoms with Gasteiger partial charge >= 0.3 is 0 Å². The monoisotopic (exact) mass is 324 g/mol. The standard InChI is InChI=1S/C13H10BrClN2O/c14-13-10(15)4-1-5-11(13)17-12(18)7-9-3-2-6-16-8-9/h1-6,8H,7H2,(H,17,18). The summed E-state index contributed by atoms with van der Waals surface area (Å²) >= 11 is 9.28. The fourth-order valence-electron chi connectivity index (χ4n) is 1.48. The van der Waals surface area contributed by atoms with E-state index in [1.165, 1.54) is 0 Å². The molecule has 2 aromatic rings. The molecule has 0 radical (unpaired) electrons. The van der Waals surface area contributed by atoms with E-state index in [2.05, 4.69) is 26.2 Å². The van der Waals surface area contributed by atoms with E-state index in [4.69, 9.17) is 11.6 Å². The minimum absolute atomic E-state index is 0.106. The zero-order chi connectivity index (χ0) is 13.0. The van der Waals surface area contributed by atoms with Gasteiger partial charge in [-0.25, -0.2) is 0 Å². The molecule has 1 amide bonds. The SMILES string of the molecule is O=C(Cc1cccnc1)Nc1cccc(Cl)c1Br. The van der Waals surface area contributed by atoms with Crippen molar-refractivity contribution in [2.45, 2.75) is 6.42 Å². The lowest BCUT2D eigenvalue weighted by Crippen LogP contribution is -2.14. The number of benzene rings is 1. The molecule has 0 bridgehead atoms. The van der Waals surface area contributed by atoms with E-state index in [-0.39, 0.29) is 12.3 Å². The van der Waals surface area contributed by atoms with Gasteiger partial charge in [0.25, 0.3) is 0 Å². The van der Waals surface area contributed by atoms with Crippen molar-refractivity contribution < 1.29 is 4.79 Å². The number of nitrogens with one attached hydrogen (secondary N) is 1. The largest absolute Gasteiger partial charge is 0.325 e. The Balaban J connectivity index is 2.06. The topological polar surface area (TPSA) is 42.0 Å². The Labute approximate surface area is 118 Å². The highest BCUT2D eigenvalue weighted by molar-refractivity contribution is 9.10. The van der Waals surface area contributed by atoms with E-state index in [1.54, 1.807) is 36.7 Å². The Morgan fingerprint density at radius 2 is 2.17 bits per heavy atom. The first-order valence-corrected chi connectivity index (χ1v) is 6.46. The molecule has 2 rings (SSSR count). The minimum atomic E-state index is -0.106. The Bertz CT molecular complexity index is 560. The number of amides is 1. The maximum atomic E-state index is 11.8. The zero-order valence-electron chi connectivity index (χ0n) is 9.36. The number of hydrogen-bond donors (Lipinski definition) is 1. The predicted octanol–water partition coefficient (Wildman–Crippen LogP) is 3.68. The van der Waals surface area contributed by atoms with Gasteiger partial charge in [-0.2, -0.15) is 0 Å². The van der Waals surface area contributed by atoms with Crippen molar-refractivity contribution in [2.75, 3.05) is 5.32 Å². The van der Waals surface area contributed by atoms with Gasteiger partial charge in [0.1, 0.15) is 0 Å². The Hall–Kier alpha value is -1.39. The molecule has 1 aromatic heterocycles. The van der Waals surface area contributed by atoms with Gasteiger partial charge < -0.3 is 5.32 Å². The highest BCUT2D eigenvalue weighted by Crippen LogP contribution is 2.29. The number of anilines is 1. The Kier molecular flexibility index (Phi) is 4.33. The summed E-state index contributed by atoms with van der Waals surface area (Å²) in [7, 11) is 0. The summed E-state index contributed by atoms with van der Waals surface area (Å²) in [5.74, 6) is -0.106. The number of carbonyl (C=O) groups is 1. The van der Waals surface area contributed by atoms with Crippen molar-refractivity contribution in [3.63, 3.8) is 0 Å². The van der Waals surface area contributed by atoms with Crippen molar-refractivity contribution >= 4 is 39.1 Å². The normalized spacial score (nSPS) is 10.1. The molecule has 3 nitrogen and oxygen atoms in total. The van der Waals surface area contributed by atoms with Crippen LogP contribution in [0.3, 0.4) is 0 Å². The molecule has 1 N–H and O–H groups in total. The van der Waals surface area contributed by atoms with Crippen LogP contribution >= 0.6 is 27.5 Å². The number of aromatic nitrogens is 1. The molecule has 0 atom stereocenters. The van der Waals surface area contributed by atoms with Gasteiger partial charge in [-0.1, -0.05) is 23.7 Å². The van der Waals surface area contributed by atoms with Crippen LogP contribution in [-0.2, 0) is 11.2 Å². The molecule has 1 heterocycles. The van der Waals surface area contributed by atoms with Crippen LogP contribution in [0.5, 0.6) is 0 Å². The van der Waals surface area contributed by atoms with E-state index >= 15 is 0 Å².